The van der Waals surface area contributed by atoms with Gasteiger partial charge < -0.3 is 10.4 Å². The van der Waals surface area contributed by atoms with Crippen LogP contribution in [0.25, 0.3) is 0 Å². The van der Waals surface area contributed by atoms with Crippen LogP contribution in [0.1, 0.15) is 42.1 Å². The van der Waals surface area contributed by atoms with E-state index in [0.717, 1.165) is 4.88 Å². The standard InChI is InChI=1S/C14H18N4O3S/c1-3-6-14(2,13(20)21)15-12(19)11-9-18(17-16-11)8-10-5-4-7-22-10/h4-5,7,9H,3,6,8H2,1-2H3,(H,15,19)(H,20,21). The number of carbonyl (C=O) groups is 2. The van der Waals surface area contributed by atoms with Gasteiger partial charge in [0.25, 0.3) is 5.91 Å². The molecule has 0 saturated carbocycles. The molecule has 8 heteroatoms. The molecule has 0 spiro atoms. The highest BCUT2D eigenvalue weighted by Crippen LogP contribution is 2.14. The van der Waals surface area contributed by atoms with Crippen LogP contribution in [0.4, 0.5) is 0 Å². The number of aromatic nitrogens is 3. The average Bonchev–Trinajstić information content (AvgIpc) is 3.11. The second kappa shape index (κ2) is 6.69. The Kier molecular flexibility index (Phi) is 4.92. The van der Waals surface area contributed by atoms with Crippen molar-refractivity contribution < 1.29 is 14.7 Å². The highest BCUT2D eigenvalue weighted by molar-refractivity contribution is 7.09. The summed E-state index contributed by atoms with van der Waals surface area (Å²) in [7, 11) is 0. The molecule has 0 aliphatic carbocycles. The number of carbonyl (C=O) groups excluding carboxylic acids is 1. The number of carboxylic acid groups (broad SMARTS) is 1. The summed E-state index contributed by atoms with van der Waals surface area (Å²) in [4.78, 5) is 24.6. The zero-order valence-corrected chi connectivity index (χ0v) is 13.3. The van der Waals surface area contributed by atoms with Crippen LogP contribution >= 0.6 is 11.3 Å². The van der Waals surface area contributed by atoms with Crippen molar-refractivity contribution in [2.24, 2.45) is 0 Å². The molecule has 2 heterocycles. The van der Waals surface area contributed by atoms with E-state index >= 15 is 0 Å². The number of thiophene rings is 1. The molecule has 1 amide bonds. The van der Waals surface area contributed by atoms with E-state index in [2.05, 4.69) is 15.6 Å². The molecule has 0 saturated heterocycles. The lowest BCUT2D eigenvalue weighted by molar-refractivity contribution is -0.144. The summed E-state index contributed by atoms with van der Waals surface area (Å²) in [5.41, 5.74) is -1.19. The predicted molar refractivity (Wildman–Crippen MR) is 81.9 cm³/mol. The third-order valence-electron chi connectivity index (χ3n) is 3.28. The predicted octanol–water partition coefficient (Wildman–Crippen LogP) is 1.76. The van der Waals surface area contributed by atoms with E-state index in [0.29, 0.717) is 19.4 Å². The number of nitrogens with one attached hydrogen (secondary N) is 1. The largest absolute Gasteiger partial charge is 0.480 e. The number of hydrogen-bond donors (Lipinski definition) is 2. The zero-order valence-electron chi connectivity index (χ0n) is 12.4. The van der Waals surface area contributed by atoms with E-state index in [1.807, 2.05) is 24.4 Å². The van der Waals surface area contributed by atoms with Gasteiger partial charge in [0.05, 0.1) is 12.7 Å². The lowest BCUT2D eigenvalue weighted by Gasteiger charge is -2.25. The minimum absolute atomic E-state index is 0.111. The summed E-state index contributed by atoms with van der Waals surface area (Å²) in [6, 6.07) is 3.91. The molecule has 0 radical (unpaired) electrons. The van der Waals surface area contributed by atoms with Crippen molar-refractivity contribution in [1.82, 2.24) is 20.3 Å². The van der Waals surface area contributed by atoms with Gasteiger partial charge in [-0.3, -0.25) is 4.79 Å². The molecule has 2 aromatic heterocycles. The second-order valence-corrected chi connectivity index (χ2v) is 6.25. The van der Waals surface area contributed by atoms with Crippen LogP contribution in [0.15, 0.2) is 23.7 Å². The van der Waals surface area contributed by atoms with Gasteiger partial charge in [-0.15, -0.1) is 16.4 Å². The van der Waals surface area contributed by atoms with Gasteiger partial charge in [-0.2, -0.15) is 0 Å². The zero-order chi connectivity index (χ0) is 16.2. The second-order valence-electron chi connectivity index (χ2n) is 5.22. The first-order valence-corrected chi connectivity index (χ1v) is 7.81. The van der Waals surface area contributed by atoms with Crippen LogP contribution in [0.3, 0.4) is 0 Å². The first-order chi connectivity index (χ1) is 10.4. The fourth-order valence-electron chi connectivity index (χ4n) is 2.08. The maximum absolute atomic E-state index is 12.2. The van der Waals surface area contributed by atoms with E-state index < -0.39 is 17.4 Å². The smallest absolute Gasteiger partial charge is 0.329 e. The van der Waals surface area contributed by atoms with Gasteiger partial charge in [0, 0.05) is 4.88 Å². The number of amides is 1. The summed E-state index contributed by atoms with van der Waals surface area (Å²) >= 11 is 1.59. The minimum atomic E-state index is -1.30. The molecular formula is C14H18N4O3S. The van der Waals surface area contributed by atoms with E-state index in [1.54, 1.807) is 16.0 Å². The average molecular weight is 322 g/mol. The Morgan fingerprint density at radius 2 is 2.27 bits per heavy atom. The van der Waals surface area contributed by atoms with E-state index in [1.165, 1.54) is 13.1 Å². The van der Waals surface area contributed by atoms with Gasteiger partial charge in [-0.25, -0.2) is 9.48 Å². The van der Waals surface area contributed by atoms with Crippen LogP contribution < -0.4 is 5.32 Å². The Morgan fingerprint density at radius 1 is 1.50 bits per heavy atom. The molecule has 0 aliphatic rings. The van der Waals surface area contributed by atoms with Gasteiger partial charge >= 0.3 is 5.97 Å². The highest BCUT2D eigenvalue weighted by Gasteiger charge is 2.34. The highest BCUT2D eigenvalue weighted by atomic mass is 32.1. The molecule has 1 unspecified atom stereocenters. The normalized spacial score (nSPS) is 13.5. The SMILES string of the molecule is CCCC(C)(NC(=O)c1cn(Cc2cccs2)nn1)C(=O)O. The molecule has 2 N–H and O–H groups in total. The Labute approximate surface area is 132 Å². The molecule has 7 nitrogen and oxygen atoms in total. The van der Waals surface area contributed by atoms with Gasteiger partial charge in [0.1, 0.15) is 5.54 Å². The molecule has 2 aromatic rings. The molecule has 2 rings (SSSR count). The third kappa shape index (κ3) is 3.70. The lowest BCUT2D eigenvalue weighted by Crippen LogP contribution is -2.52. The summed E-state index contributed by atoms with van der Waals surface area (Å²) in [5, 5.41) is 21.5. The quantitative estimate of drug-likeness (QED) is 0.809. The van der Waals surface area contributed by atoms with Gasteiger partial charge in [0.2, 0.25) is 0 Å². The Hall–Kier alpha value is -2.22. The maximum Gasteiger partial charge on any atom is 0.329 e. The Bertz CT molecular complexity index is 653. The van der Waals surface area contributed by atoms with Crippen LogP contribution in [-0.4, -0.2) is 37.5 Å². The van der Waals surface area contributed by atoms with Crippen molar-refractivity contribution >= 4 is 23.2 Å². The Balaban J connectivity index is 2.06. The van der Waals surface area contributed by atoms with Crippen molar-refractivity contribution in [2.75, 3.05) is 0 Å². The molecule has 0 aromatic carbocycles. The van der Waals surface area contributed by atoms with Crippen molar-refractivity contribution in [2.45, 2.75) is 38.8 Å². The molecule has 118 valence electrons. The van der Waals surface area contributed by atoms with Gasteiger partial charge in [0.15, 0.2) is 5.69 Å². The Morgan fingerprint density at radius 3 is 2.86 bits per heavy atom. The molecule has 22 heavy (non-hydrogen) atoms. The van der Waals surface area contributed by atoms with E-state index in [-0.39, 0.29) is 5.69 Å². The number of nitrogens with zero attached hydrogens (tertiary/aromatic N) is 3. The molecular weight excluding hydrogens is 304 g/mol. The van der Waals surface area contributed by atoms with Crippen molar-refractivity contribution in [3.8, 4) is 0 Å². The lowest BCUT2D eigenvalue weighted by atomic mass is 9.96. The monoisotopic (exact) mass is 322 g/mol. The minimum Gasteiger partial charge on any atom is -0.480 e. The third-order valence-corrected chi connectivity index (χ3v) is 4.14. The first-order valence-electron chi connectivity index (χ1n) is 6.93. The van der Waals surface area contributed by atoms with E-state index in [9.17, 15) is 14.7 Å². The molecule has 0 aliphatic heterocycles. The van der Waals surface area contributed by atoms with Crippen LogP contribution in [0, 0.1) is 0 Å². The van der Waals surface area contributed by atoms with Crippen molar-refractivity contribution in [3.63, 3.8) is 0 Å². The fourth-order valence-corrected chi connectivity index (χ4v) is 2.78. The molecule has 0 fully saturated rings. The fraction of sp³-hybridized carbons (Fsp3) is 0.429. The maximum atomic E-state index is 12.2. The van der Waals surface area contributed by atoms with Crippen LogP contribution in [0.2, 0.25) is 0 Å². The van der Waals surface area contributed by atoms with Crippen LogP contribution in [0.5, 0.6) is 0 Å². The molecule has 0 bridgehead atoms. The number of hydrogen-bond acceptors (Lipinski definition) is 5. The topological polar surface area (TPSA) is 97.1 Å². The van der Waals surface area contributed by atoms with Crippen molar-refractivity contribution in [3.05, 3.63) is 34.3 Å². The molecule has 1 atom stereocenters. The number of rotatable bonds is 7. The number of carboxylic acids is 1. The van der Waals surface area contributed by atoms with Crippen molar-refractivity contribution in [1.29, 1.82) is 0 Å². The van der Waals surface area contributed by atoms with Gasteiger partial charge in [-0.05, 0) is 24.8 Å². The van der Waals surface area contributed by atoms with E-state index in [4.69, 9.17) is 0 Å². The summed E-state index contributed by atoms with van der Waals surface area (Å²) in [6.45, 7) is 3.89. The number of aliphatic carboxylic acids is 1. The van der Waals surface area contributed by atoms with Gasteiger partial charge in [-0.1, -0.05) is 24.6 Å². The summed E-state index contributed by atoms with van der Waals surface area (Å²) < 4.78 is 1.55. The summed E-state index contributed by atoms with van der Waals surface area (Å²) in [6.07, 6.45) is 2.51. The first kappa shape index (κ1) is 16.2. The van der Waals surface area contributed by atoms with Crippen LogP contribution in [-0.2, 0) is 11.3 Å². The summed E-state index contributed by atoms with van der Waals surface area (Å²) in [5.74, 6) is -1.59.